The Bertz CT molecular complexity index is 976. The third-order valence-electron chi connectivity index (χ3n) is 7.83. The summed E-state index contributed by atoms with van der Waals surface area (Å²) in [6.45, 7) is 4.99. The number of para-hydroxylation sites is 2. The van der Waals surface area contributed by atoms with E-state index in [9.17, 15) is 0 Å². The first kappa shape index (κ1) is 15.5. The van der Waals surface area contributed by atoms with Crippen molar-refractivity contribution in [3.63, 3.8) is 0 Å². The van der Waals surface area contributed by atoms with E-state index >= 15 is 0 Å². The van der Waals surface area contributed by atoms with E-state index in [1.54, 1.807) is 10.7 Å². The second-order valence-electron chi connectivity index (χ2n) is 9.89. The van der Waals surface area contributed by atoms with Crippen molar-refractivity contribution >= 4 is 35.8 Å². The Kier molecular flexibility index (Phi) is 3.13. The van der Waals surface area contributed by atoms with E-state index in [4.69, 9.17) is 0 Å². The highest BCUT2D eigenvalue weighted by atomic mass is 28.3. The van der Waals surface area contributed by atoms with E-state index in [2.05, 4.69) is 60.1 Å². The van der Waals surface area contributed by atoms with Gasteiger partial charge in [0, 0.05) is 27.3 Å². The van der Waals surface area contributed by atoms with E-state index in [1.165, 1.54) is 54.8 Å². The number of rotatable bonds is 2. The van der Waals surface area contributed by atoms with E-state index in [-0.39, 0.29) is 0 Å². The van der Waals surface area contributed by atoms with Crippen LogP contribution < -0.4 is 5.19 Å². The number of hydrogen-bond donors (Lipinski definition) is 0. The van der Waals surface area contributed by atoms with Gasteiger partial charge in [0.1, 0.15) is 0 Å². The summed E-state index contributed by atoms with van der Waals surface area (Å²) in [5.74, 6) is 2.96. The average molecular weight is 360 g/mol. The number of benzene rings is 2. The van der Waals surface area contributed by atoms with Crippen molar-refractivity contribution in [3.05, 3.63) is 42.5 Å². The maximum atomic E-state index is 2.89. The van der Waals surface area contributed by atoms with E-state index in [0.717, 1.165) is 17.8 Å². The van der Waals surface area contributed by atoms with Crippen LogP contribution in [0.2, 0.25) is 13.1 Å². The molecule has 4 fully saturated rings. The molecule has 0 N–H and O–H groups in total. The van der Waals surface area contributed by atoms with Gasteiger partial charge in [-0.15, -0.1) is 0 Å². The van der Waals surface area contributed by atoms with Crippen LogP contribution in [0.15, 0.2) is 42.5 Å². The molecule has 0 spiro atoms. The number of hydrogen-bond acceptors (Lipinski definition) is 0. The lowest BCUT2D eigenvalue weighted by Crippen LogP contribution is -2.52. The molecular weight excluding hydrogens is 330 g/mol. The molecule has 0 aliphatic heterocycles. The summed E-state index contributed by atoms with van der Waals surface area (Å²) in [6.07, 6.45) is 8.84. The Hall–Kier alpha value is -1.54. The fourth-order valence-electron chi connectivity index (χ4n) is 7.34. The van der Waals surface area contributed by atoms with Gasteiger partial charge in [0.25, 0.3) is 0 Å². The second-order valence-corrected chi connectivity index (χ2v) is 12.8. The van der Waals surface area contributed by atoms with Crippen molar-refractivity contribution in [3.8, 4) is 0 Å². The molecule has 1 heterocycles. The Morgan fingerprint density at radius 3 is 2.08 bits per heavy atom. The third-order valence-corrected chi connectivity index (χ3v) is 9.54. The summed E-state index contributed by atoms with van der Waals surface area (Å²) in [5, 5.41) is 4.67. The Morgan fingerprint density at radius 1 is 0.808 bits per heavy atom. The SMILES string of the molecule is C[SiH](C)c1cccc2c3ccccc3n(C34CC5CC(CC(C5)C3)C4)c12. The largest absolute Gasteiger partial charge is 0.334 e. The molecule has 0 unspecified atom stereocenters. The zero-order valence-electron chi connectivity index (χ0n) is 16.0. The van der Waals surface area contributed by atoms with Crippen LogP contribution in [0.1, 0.15) is 38.5 Å². The molecule has 2 heteroatoms. The maximum Gasteiger partial charge on any atom is 0.0675 e. The van der Waals surface area contributed by atoms with Crippen molar-refractivity contribution < 1.29 is 0 Å². The van der Waals surface area contributed by atoms with Gasteiger partial charge in [-0.3, -0.25) is 0 Å². The van der Waals surface area contributed by atoms with Gasteiger partial charge in [-0.05, 0) is 67.5 Å². The van der Waals surface area contributed by atoms with Crippen LogP contribution in [-0.2, 0) is 5.54 Å². The molecule has 0 saturated heterocycles. The first-order valence-electron chi connectivity index (χ1n) is 10.7. The van der Waals surface area contributed by atoms with Crippen molar-refractivity contribution in [1.29, 1.82) is 0 Å². The van der Waals surface area contributed by atoms with Crippen molar-refractivity contribution in [2.45, 2.75) is 57.2 Å². The summed E-state index contributed by atoms with van der Waals surface area (Å²) >= 11 is 0. The van der Waals surface area contributed by atoms with Gasteiger partial charge in [-0.25, -0.2) is 0 Å². The molecule has 0 radical (unpaired) electrons. The predicted octanol–water partition coefficient (Wildman–Crippen LogP) is 5.41. The van der Waals surface area contributed by atoms with Gasteiger partial charge < -0.3 is 4.57 Å². The first-order valence-corrected chi connectivity index (χ1v) is 13.6. The maximum absolute atomic E-state index is 2.89. The minimum absolute atomic E-state index is 0.398. The smallest absolute Gasteiger partial charge is 0.0675 e. The number of aromatic nitrogens is 1. The molecule has 0 amide bonds. The lowest BCUT2D eigenvalue weighted by atomic mass is 9.53. The minimum Gasteiger partial charge on any atom is -0.334 e. The topological polar surface area (TPSA) is 4.93 Å². The molecule has 1 nitrogen and oxygen atoms in total. The summed E-state index contributed by atoms with van der Waals surface area (Å²) in [7, 11) is -0.883. The predicted molar refractivity (Wildman–Crippen MR) is 114 cm³/mol. The van der Waals surface area contributed by atoms with E-state index in [1.807, 2.05) is 0 Å². The number of fused-ring (bicyclic) bond motifs is 3. The summed E-state index contributed by atoms with van der Waals surface area (Å²) in [6, 6.07) is 16.4. The Morgan fingerprint density at radius 2 is 1.42 bits per heavy atom. The van der Waals surface area contributed by atoms with E-state index < -0.39 is 8.80 Å². The van der Waals surface area contributed by atoms with Gasteiger partial charge in [0.05, 0.1) is 8.80 Å². The van der Waals surface area contributed by atoms with Crippen LogP contribution in [0.25, 0.3) is 21.8 Å². The van der Waals surface area contributed by atoms with Crippen molar-refractivity contribution in [1.82, 2.24) is 4.57 Å². The van der Waals surface area contributed by atoms with Crippen LogP contribution in [0.4, 0.5) is 0 Å². The minimum atomic E-state index is -0.883. The van der Waals surface area contributed by atoms with E-state index in [0.29, 0.717) is 5.54 Å². The van der Waals surface area contributed by atoms with Crippen LogP contribution in [0.5, 0.6) is 0 Å². The molecule has 4 bridgehead atoms. The Labute approximate surface area is 158 Å². The van der Waals surface area contributed by atoms with Crippen LogP contribution in [0, 0.1) is 17.8 Å². The zero-order valence-corrected chi connectivity index (χ0v) is 17.2. The van der Waals surface area contributed by atoms with Gasteiger partial charge in [-0.1, -0.05) is 49.5 Å². The van der Waals surface area contributed by atoms with Crippen LogP contribution in [0.3, 0.4) is 0 Å². The average Bonchev–Trinajstić information content (AvgIpc) is 2.95. The zero-order chi connectivity index (χ0) is 17.5. The molecule has 4 aliphatic rings. The lowest BCUT2D eigenvalue weighted by Gasteiger charge is -2.57. The molecule has 134 valence electrons. The first-order chi connectivity index (χ1) is 12.6. The molecule has 7 rings (SSSR count). The molecule has 1 aromatic heterocycles. The highest BCUT2D eigenvalue weighted by molar-refractivity contribution is 6.73. The number of nitrogens with zero attached hydrogens (tertiary/aromatic N) is 1. The van der Waals surface area contributed by atoms with Crippen LogP contribution in [-0.4, -0.2) is 13.4 Å². The molecule has 4 saturated carbocycles. The molecular formula is C24H29NSi. The highest BCUT2D eigenvalue weighted by Crippen LogP contribution is 2.60. The molecule has 3 aromatic rings. The van der Waals surface area contributed by atoms with Gasteiger partial charge >= 0.3 is 0 Å². The quantitative estimate of drug-likeness (QED) is 0.539. The van der Waals surface area contributed by atoms with Crippen molar-refractivity contribution in [2.24, 2.45) is 17.8 Å². The van der Waals surface area contributed by atoms with Crippen LogP contribution >= 0.6 is 0 Å². The normalized spacial score (nSPS) is 33.0. The fraction of sp³-hybridized carbons (Fsp3) is 0.500. The monoisotopic (exact) mass is 359 g/mol. The van der Waals surface area contributed by atoms with Crippen molar-refractivity contribution in [2.75, 3.05) is 0 Å². The molecule has 4 aliphatic carbocycles. The summed E-state index contributed by atoms with van der Waals surface area (Å²) in [5.41, 5.74) is 3.51. The standard InChI is InChI=1S/C24H29NSi/c1-26(2)22-9-5-7-20-19-6-3-4-8-21(19)25(23(20)22)24-13-16-10-17(14-24)12-18(11-16)15-24/h3-9,16-18,26H,10-15H2,1-2H3. The highest BCUT2D eigenvalue weighted by Gasteiger charge is 2.52. The van der Waals surface area contributed by atoms with Gasteiger partial charge in [0.2, 0.25) is 0 Å². The lowest BCUT2D eigenvalue weighted by molar-refractivity contribution is -0.0386. The van der Waals surface area contributed by atoms with Gasteiger partial charge in [0.15, 0.2) is 0 Å². The molecule has 0 atom stereocenters. The molecule has 26 heavy (non-hydrogen) atoms. The summed E-state index contributed by atoms with van der Waals surface area (Å²) in [4.78, 5) is 0. The van der Waals surface area contributed by atoms with Gasteiger partial charge in [-0.2, -0.15) is 0 Å². The second kappa shape index (κ2) is 5.25. The third kappa shape index (κ3) is 1.97. The fourth-order valence-corrected chi connectivity index (χ4v) is 8.67. The molecule has 2 aromatic carbocycles. The summed E-state index contributed by atoms with van der Waals surface area (Å²) < 4.78 is 2.89. The Balaban J connectivity index is 1.72.